The van der Waals surface area contributed by atoms with E-state index in [1.165, 1.54) is 24.3 Å². The summed E-state index contributed by atoms with van der Waals surface area (Å²) in [6.07, 6.45) is 0. The maximum absolute atomic E-state index is 11.7. The maximum atomic E-state index is 11.7. The second kappa shape index (κ2) is 3.73. The van der Waals surface area contributed by atoms with Gasteiger partial charge >= 0.3 is 0 Å². The highest BCUT2D eigenvalue weighted by Crippen LogP contribution is 2.20. The van der Waals surface area contributed by atoms with Gasteiger partial charge in [-0.25, -0.2) is 8.42 Å². The molecule has 1 rings (SSSR count). The van der Waals surface area contributed by atoms with E-state index in [2.05, 4.69) is 4.72 Å². The number of sulfonamides is 1. The van der Waals surface area contributed by atoms with Crippen LogP contribution in [0.5, 0.6) is 5.75 Å². The molecule has 0 aromatic heterocycles. The van der Waals surface area contributed by atoms with Gasteiger partial charge < -0.3 is 5.11 Å². The fraction of sp³-hybridized carbons (Fsp3) is 0.400. The van der Waals surface area contributed by atoms with Crippen LogP contribution in [0.25, 0.3) is 0 Å². The Hall–Kier alpha value is -1.23. The van der Waals surface area contributed by atoms with Crippen LogP contribution in [0.4, 0.5) is 5.69 Å². The summed E-state index contributed by atoms with van der Waals surface area (Å²) in [6.45, 7) is 4.86. The molecule has 0 aliphatic rings. The van der Waals surface area contributed by atoms with Crippen LogP contribution in [-0.4, -0.2) is 18.3 Å². The maximum Gasteiger partial charge on any atom is 0.237 e. The van der Waals surface area contributed by atoms with Crippen LogP contribution in [0, 0.1) is 0 Å². The Balaban J connectivity index is 2.93. The molecule has 1 aromatic rings. The molecule has 1 aromatic carbocycles. The number of benzene rings is 1. The minimum absolute atomic E-state index is 0.105. The zero-order valence-corrected chi connectivity index (χ0v) is 9.80. The number of aromatic hydroxyl groups is 1. The minimum atomic E-state index is -3.40. The van der Waals surface area contributed by atoms with Crippen LogP contribution in [0.2, 0.25) is 0 Å². The Morgan fingerprint density at radius 3 is 2.00 bits per heavy atom. The van der Waals surface area contributed by atoms with Crippen LogP contribution >= 0.6 is 0 Å². The van der Waals surface area contributed by atoms with E-state index in [1.54, 1.807) is 20.8 Å². The van der Waals surface area contributed by atoms with Gasteiger partial charge in [-0.1, -0.05) is 0 Å². The summed E-state index contributed by atoms with van der Waals surface area (Å²) in [5.74, 6) is 0.105. The van der Waals surface area contributed by atoms with E-state index in [-0.39, 0.29) is 5.75 Å². The minimum Gasteiger partial charge on any atom is -0.508 e. The Morgan fingerprint density at radius 2 is 1.60 bits per heavy atom. The number of hydrogen-bond donors (Lipinski definition) is 2. The number of nitrogens with one attached hydrogen (secondary N) is 1. The lowest BCUT2D eigenvalue weighted by Gasteiger charge is -2.20. The molecular formula is C10H15NO3S. The standard InChI is InChI=1S/C10H15NO3S/c1-10(2,3)15(13,14)11-8-4-6-9(12)7-5-8/h4-7,11-12H,1-3H3. The third-order valence-corrected chi connectivity index (χ3v) is 4.04. The van der Waals surface area contributed by atoms with Crippen molar-refractivity contribution in [2.75, 3.05) is 4.72 Å². The van der Waals surface area contributed by atoms with Crippen molar-refractivity contribution in [1.29, 1.82) is 0 Å². The molecule has 0 heterocycles. The molecule has 5 heteroatoms. The Bertz CT molecular complexity index is 429. The van der Waals surface area contributed by atoms with Crippen LogP contribution in [0.1, 0.15) is 20.8 Å². The molecule has 15 heavy (non-hydrogen) atoms. The summed E-state index contributed by atoms with van der Waals surface area (Å²) >= 11 is 0. The summed E-state index contributed by atoms with van der Waals surface area (Å²) in [5.41, 5.74) is 0.447. The highest BCUT2D eigenvalue weighted by Gasteiger charge is 2.28. The van der Waals surface area contributed by atoms with Gasteiger partial charge in [-0.05, 0) is 45.0 Å². The van der Waals surface area contributed by atoms with Crippen LogP contribution < -0.4 is 4.72 Å². The fourth-order valence-electron chi connectivity index (χ4n) is 0.838. The lowest BCUT2D eigenvalue weighted by atomic mass is 10.3. The van der Waals surface area contributed by atoms with E-state index in [9.17, 15) is 8.42 Å². The predicted molar refractivity (Wildman–Crippen MR) is 60.4 cm³/mol. The van der Waals surface area contributed by atoms with Gasteiger partial charge in [-0.2, -0.15) is 0 Å². The van der Waals surface area contributed by atoms with Crippen LogP contribution in [0.3, 0.4) is 0 Å². The van der Waals surface area contributed by atoms with E-state index in [4.69, 9.17) is 5.11 Å². The summed E-state index contributed by atoms with van der Waals surface area (Å²) < 4.78 is 25.1. The number of phenols is 1. The van der Waals surface area contributed by atoms with Crippen molar-refractivity contribution in [3.8, 4) is 5.75 Å². The molecule has 0 fully saturated rings. The number of hydrogen-bond acceptors (Lipinski definition) is 3. The molecule has 84 valence electrons. The van der Waals surface area contributed by atoms with Crippen LogP contribution in [-0.2, 0) is 10.0 Å². The van der Waals surface area contributed by atoms with Gasteiger partial charge in [-0.3, -0.25) is 4.72 Å². The molecule has 0 saturated heterocycles. The highest BCUT2D eigenvalue weighted by molar-refractivity contribution is 7.94. The van der Waals surface area contributed by atoms with Crippen molar-refractivity contribution in [2.24, 2.45) is 0 Å². The van der Waals surface area contributed by atoms with Crippen molar-refractivity contribution in [3.05, 3.63) is 24.3 Å². The van der Waals surface area contributed by atoms with Gasteiger partial charge in [0.1, 0.15) is 5.75 Å². The first-order valence-corrected chi connectivity index (χ1v) is 6.02. The topological polar surface area (TPSA) is 66.4 Å². The molecule has 0 atom stereocenters. The first kappa shape index (κ1) is 11.8. The van der Waals surface area contributed by atoms with Crippen molar-refractivity contribution < 1.29 is 13.5 Å². The summed E-state index contributed by atoms with van der Waals surface area (Å²) in [5, 5.41) is 9.04. The van der Waals surface area contributed by atoms with E-state index in [0.29, 0.717) is 5.69 Å². The van der Waals surface area contributed by atoms with Gasteiger partial charge in [-0.15, -0.1) is 0 Å². The van der Waals surface area contributed by atoms with Crippen molar-refractivity contribution >= 4 is 15.7 Å². The molecule has 0 amide bonds. The van der Waals surface area contributed by atoms with E-state index < -0.39 is 14.8 Å². The quantitative estimate of drug-likeness (QED) is 0.761. The van der Waals surface area contributed by atoms with Crippen molar-refractivity contribution in [1.82, 2.24) is 0 Å². The third kappa shape index (κ3) is 2.86. The summed E-state index contributed by atoms with van der Waals surface area (Å²) in [6, 6.07) is 5.89. The van der Waals surface area contributed by atoms with Gasteiger partial charge in [0.05, 0.1) is 4.75 Å². The Kier molecular flexibility index (Phi) is 2.95. The molecule has 0 radical (unpaired) electrons. The van der Waals surface area contributed by atoms with Gasteiger partial charge in [0.25, 0.3) is 0 Å². The summed E-state index contributed by atoms with van der Waals surface area (Å²) in [4.78, 5) is 0. The van der Waals surface area contributed by atoms with Crippen molar-refractivity contribution in [3.63, 3.8) is 0 Å². The number of phenolic OH excluding ortho intramolecular Hbond substituents is 1. The van der Waals surface area contributed by atoms with Gasteiger partial charge in [0.2, 0.25) is 10.0 Å². The van der Waals surface area contributed by atoms with Crippen molar-refractivity contribution in [2.45, 2.75) is 25.5 Å². The lowest BCUT2D eigenvalue weighted by molar-refractivity contribution is 0.475. The molecule has 0 bridgehead atoms. The zero-order chi connectivity index (χ0) is 11.7. The zero-order valence-electron chi connectivity index (χ0n) is 8.98. The fourth-order valence-corrected chi connectivity index (χ4v) is 1.59. The Morgan fingerprint density at radius 1 is 1.13 bits per heavy atom. The second-order valence-electron chi connectivity index (χ2n) is 4.26. The van der Waals surface area contributed by atoms with Gasteiger partial charge in [0, 0.05) is 5.69 Å². The number of rotatable bonds is 2. The molecule has 0 aliphatic carbocycles. The molecule has 4 nitrogen and oxygen atoms in total. The lowest BCUT2D eigenvalue weighted by Crippen LogP contribution is -2.33. The average molecular weight is 229 g/mol. The Labute approximate surface area is 90.0 Å². The molecular weight excluding hydrogens is 214 g/mol. The van der Waals surface area contributed by atoms with E-state index >= 15 is 0 Å². The van der Waals surface area contributed by atoms with E-state index in [1.807, 2.05) is 0 Å². The van der Waals surface area contributed by atoms with Gasteiger partial charge in [0.15, 0.2) is 0 Å². The third-order valence-electron chi connectivity index (χ3n) is 1.93. The largest absolute Gasteiger partial charge is 0.508 e. The smallest absolute Gasteiger partial charge is 0.237 e. The molecule has 0 unspecified atom stereocenters. The monoisotopic (exact) mass is 229 g/mol. The van der Waals surface area contributed by atoms with E-state index in [0.717, 1.165) is 0 Å². The highest BCUT2D eigenvalue weighted by atomic mass is 32.2. The first-order chi connectivity index (χ1) is 6.72. The molecule has 0 saturated carbocycles. The SMILES string of the molecule is CC(C)(C)S(=O)(=O)Nc1ccc(O)cc1. The first-order valence-electron chi connectivity index (χ1n) is 4.54. The molecule has 2 N–H and O–H groups in total. The predicted octanol–water partition coefficient (Wildman–Crippen LogP) is 1.93. The average Bonchev–Trinajstić information content (AvgIpc) is 2.06. The normalized spacial score (nSPS) is 12.5. The molecule has 0 spiro atoms. The summed E-state index contributed by atoms with van der Waals surface area (Å²) in [7, 11) is -3.40. The second-order valence-corrected chi connectivity index (χ2v) is 6.70. The van der Waals surface area contributed by atoms with Crippen LogP contribution in [0.15, 0.2) is 24.3 Å². The molecule has 0 aliphatic heterocycles. The number of anilines is 1.